The van der Waals surface area contributed by atoms with E-state index in [1.807, 2.05) is 0 Å². The van der Waals surface area contributed by atoms with Crippen molar-refractivity contribution in [3.05, 3.63) is 24.3 Å². The molecular formula is C60H115NO10. The molecule has 1 aliphatic rings. The summed E-state index contributed by atoms with van der Waals surface area (Å²) in [6.45, 7) is 3.47. The van der Waals surface area contributed by atoms with Gasteiger partial charge in [-0.25, -0.2) is 0 Å². The number of aliphatic hydroxyl groups is 7. The molecule has 0 aromatic heterocycles. The monoisotopic (exact) mass is 1010 g/mol. The summed E-state index contributed by atoms with van der Waals surface area (Å²) in [5.74, 6) is -0.707. The maximum Gasteiger partial charge on any atom is 0.249 e. The van der Waals surface area contributed by atoms with Crippen LogP contribution in [0.1, 0.15) is 284 Å². The molecule has 0 aromatic rings. The first-order chi connectivity index (χ1) is 34.7. The Morgan fingerprint density at radius 3 is 1.21 bits per heavy atom. The Kier molecular flexibility index (Phi) is 47.1. The molecule has 0 bridgehead atoms. The molecule has 1 rings (SSSR count). The molecule has 1 heterocycles. The predicted molar refractivity (Wildman–Crippen MR) is 293 cm³/mol. The van der Waals surface area contributed by atoms with Crippen molar-refractivity contribution in [3.63, 3.8) is 0 Å². The van der Waals surface area contributed by atoms with Gasteiger partial charge in [0, 0.05) is 0 Å². The summed E-state index contributed by atoms with van der Waals surface area (Å²) in [7, 11) is 0. The zero-order valence-electron chi connectivity index (χ0n) is 46.0. The van der Waals surface area contributed by atoms with E-state index in [-0.39, 0.29) is 12.8 Å². The molecule has 1 fully saturated rings. The number of aliphatic hydroxyl groups excluding tert-OH is 7. The molecule has 9 unspecified atom stereocenters. The van der Waals surface area contributed by atoms with Gasteiger partial charge in [0.25, 0.3) is 0 Å². The highest BCUT2D eigenvalue weighted by atomic mass is 16.7. The van der Waals surface area contributed by atoms with E-state index in [4.69, 9.17) is 9.47 Å². The number of hydrogen-bond acceptors (Lipinski definition) is 10. The molecule has 420 valence electrons. The van der Waals surface area contributed by atoms with E-state index >= 15 is 0 Å². The van der Waals surface area contributed by atoms with Crippen LogP contribution >= 0.6 is 0 Å². The first kappa shape index (κ1) is 67.6. The van der Waals surface area contributed by atoms with Gasteiger partial charge in [0.1, 0.15) is 36.6 Å². The van der Waals surface area contributed by atoms with Crippen molar-refractivity contribution < 1.29 is 50.0 Å². The number of amides is 1. The number of nitrogens with one attached hydrogen (secondary N) is 1. The Labute approximate surface area is 435 Å². The third kappa shape index (κ3) is 37.9. The quantitative estimate of drug-likeness (QED) is 0.0215. The van der Waals surface area contributed by atoms with Crippen LogP contribution in [-0.4, -0.2) is 110 Å². The fourth-order valence-electron chi connectivity index (χ4n) is 9.79. The van der Waals surface area contributed by atoms with Gasteiger partial charge in [-0.3, -0.25) is 4.79 Å². The van der Waals surface area contributed by atoms with Crippen LogP contribution in [0, 0.1) is 0 Å². The van der Waals surface area contributed by atoms with Crippen LogP contribution in [0.4, 0.5) is 0 Å². The minimum absolute atomic E-state index is 0.248. The highest BCUT2D eigenvalue weighted by molar-refractivity contribution is 5.80. The molecule has 0 spiro atoms. The zero-order chi connectivity index (χ0) is 51.8. The van der Waals surface area contributed by atoms with Gasteiger partial charge in [0.2, 0.25) is 5.91 Å². The van der Waals surface area contributed by atoms with Crippen molar-refractivity contribution >= 4 is 5.91 Å². The molecule has 1 aliphatic heterocycles. The van der Waals surface area contributed by atoms with E-state index in [2.05, 4.69) is 43.5 Å². The number of ether oxygens (including phenoxy) is 2. The van der Waals surface area contributed by atoms with Crippen molar-refractivity contribution in [2.45, 2.75) is 339 Å². The van der Waals surface area contributed by atoms with E-state index in [1.165, 1.54) is 186 Å². The van der Waals surface area contributed by atoms with Gasteiger partial charge in [-0.2, -0.15) is 0 Å². The Balaban J connectivity index is 2.31. The maximum atomic E-state index is 13.2. The van der Waals surface area contributed by atoms with E-state index < -0.39 is 74.2 Å². The summed E-state index contributed by atoms with van der Waals surface area (Å²) in [6, 6.07) is -1.19. The Morgan fingerprint density at radius 1 is 0.479 bits per heavy atom. The lowest BCUT2D eigenvalue weighted by molar-refractivity contribution is -0.303. The first-order valence-corrected chi connectivity index (χ1v) is 30.2. The van der Waals surface area contributed by atoms with Crippen LogP contribution in [0.15, 0.2) is 24.3 Å². The van der Waals surface area contributed by atoms with Crippen molar-refractivity contribution in [2.75, 3.05) is 13.2 Å². The molecule has 71 heavy (non-hydrogen) atoms. The third-order valence-electron chi connectivity index (χ3n) is 14.7. The second-order valence-corrected chi connectivity index (χ2v) is 21.4. The lowest BCUT2D eigenvalue weighted by Gasteiger charge is -2.40. The minimum Gasteiger partial charge on any atom is -0.394 e. The SMILES string of the molecule is CCCCCCCCCCCC/C=C\CCCCCCCCC(O)C(=O)NC(COC1OC(CO)C(O)C(O)C1O)C(O)C(O)CCC/C=C/CCCCCCCCCCCCCCCCCCCCC. The lowest BCUT2D eigenvalue weighted by atomic mass is 9.98. The van der Waals surface area contributed by atoms with E-state index in [1.54, 1.807) is 0 Å². The molecule has 0 aliphatic carbocycles. The van der Waals surface area contributed by atoms with Crippen LogP contribution in [-0.2, 0) is 14.3 Å². The van der Waals surface area contributed by atoms with Crippen molar-refractivity contribution in [1.29, 1.82) is 0 Å². The molecule has 11 heteroatoms. The summed E-state index contributed by atoms with van der Waals surface area (Å²) in [5.41, 5.74) is 0. The number of hydrogen-bond donors (Lipinski definition) is 8. The standard InChI is InChI=1S/C60H115NO10/c1-3-5-7-9-11-13-15-17-19-21-23-25-26-27-28-30-31-33-35-37-39-41-43-45-47-52(63)55(65)51(50-70-60-58(68)57(67)56(66)54(49-62)71-60)61-59(69)53(64)48-46-44-42-40-38-36-34-32-29-24-22-20-18-16-14-12-10-8-6-4-2/h29,32,39,41,51-58,60,62-68H,3-28,30-31,33-38,40,42-50H2,1-2H3,(H,61,69)/b32-29-,41-39+. The number of carbonyl (C=O) groups excluding carboxylic acids is 1. The van der Waals surface area contributed by atoms with Crippen LogP contribution in [0.25, 0.3) is 0 Å². The Hall–Kier alpha value is -1.41. The number of carbonyl (C=O) groups is 1. The fourth-order valence-corrected chi connectivity index (χ4v) is 9.79. The van der Waals surface area contributed by atoms with Crippen molar-refractivity contribution in [1.82, 2.24) is 5.32 Å². The van der Waals surface area contributed by atoms with E-state index in [0.717, 1.165) is 57.8 Å². The van der Waals surface area contributed by atoms with Gasteiger partial charge in [0.05, 0.1) is 25.4 Å². The molecule has 0 radical (unpaired) electrons. The van der Waals surface area contributed by atoms with Crippen molar-refractivity contribution in [2.24, 2.45) is 0 Å². The van der Waals surface area contributed by atoms with Crippen molar-refractivity contribution in [3.8, 4) is 0 Å². The number of rotatable bonds is 52. The summed E-state index contributed by atoms with van der Waals surface area (Å²) in [4.78, 5) is 13.2. The van der Waals surface area contributed by atoms with Gasteiger partial charge in [-0.05, 0) is 64.2 Å². The highest BCUT2D eigenvalue weighted by Gasteiger charge is 2.44. The molecule has 9 atom stereocenters. The highest BCUT2D eigenvalue weighted by Crippen LogP contribution is 2.23. The Bertz CT molecular complexity index is 1200. The molecule has 0 saturated carbocycles. The smallest absolute Gasteiger partial charge is 0.249 e. The van der Waals surface area contributed by atoms with Gasteiger partial charge in [0.15, 0.2) is 6.29 Å². The zero-order valence-corrected chi connectivity index (χ0v) is 46.0. The summed E-state index contributed by atoms with van der Waals surface area (Å²) >= 11 is 0. The second kappa shape index (κ2) is 49.5. The molecule has 11 nitrogen and oxygen atoms in total. The summed E-state index contributed by atoms with van der Waals surface area (Å²) < 4.78 is 11.1. The second-order valence-electron chi connectivity index (χ2n) is 21.4. The minimum atomic E-state index is -1.67. The van der Waals surface area contributed by atoms with Crippen LogP contribution in [0.2, 0.25) is 0 Å². The predicted octanol–water partition coefficient (Wildman–Crippen LogP) is 12.9. The van der Waals surface area contributed by atoms with Crippen LogP contribution in [0.3, 0.4) is 0 Å². The average molecular weight is 1010 g/mol. The summed E-state index contributed by atoms with van der Waals surface area (Å²) in [5, 5.41) is 76.2. The van der Waals surface area contributed by atoms with Gasteiger partial charge < -0.3 is 50.5 Å². The van der Waals surface area contributed by atoms with Gasteiger partial charge in [-0.15, -0.1) is 0 Å². The molecule has 1 amide bonds. The topological polar surface area (TPSA) is 189 Å². The van der Waals surface area contributed by atoms with E-state index in [9.17, 15) is 40.5 Å². The van der Waals surface area contributed by atoms with Gasteiger partial charge >= 0.3 is 0 Å². The fraction of sp³-hybridized carbons (Fsp3) is 0.917. The Morgan fingerprint density at radius 2 is 0.831 bits per heavy atom. The van der Waals surface area contributed by atoms with Crippen LogP contribution < -0.4 is 5.32 Å². The first-order valence-electron chi connectivity index (χ1n) is 30.2. The summed E-state index contributed by atoms with van der Waals surface area (Å²) in [6.07, 6.45) is 48.1. The largest absolute Gasteiger partial charge is 0.394 e. The maximum absolute atomic E-state index is 13.2. The number of allylic oxidation sites excluding steroid dienone is 4. The lowest BCUT2D eigenvalue weighted by Crippen LogP contribution is -2.60. The van der Waals surface area contributed by atoms with E-state index in [0.29, 0.717) is 12.8 Å². The number of unbranched alkanes of at least 4 members (excludes halogenated alkanes) is 36. The average Bonchev–Trinajstić information content (AvgIpc) is 3.37. The molecule has 8 N–H and O–H groups in total. The van der Waals surface area contributed by atoms with Crippen LogP contribution in [0.5, 0.6) is 0 Å². The molecule has 1 saturated heterocycles. The third-order valence-corrected chi connectivity index (χ3v) is 14.7. The van der Waals surface area contributed by atoms with Gasteiger partial charge in [-0.1, -0.05) is 244 Å². The molecule has 0 aromatic carbocycles. The normalized spacial score (nSPS) is 20.3. The molecular weight excluding hydrogens is 895 g/mol.